The SMILES string of the molecule is O=C(COc1ccc2c(c1)C(=O)N(C1CCC(=O)NC1=O)C2=O)NCCCCCCCCCC(=O)Nc1cncc(Nc2ncc(Cl)c(-c3cccc(-c4ccccc4)c3)n2)c1. The molecule has 15 nitrogen and oxygen atoms in total. The number of amides is 6. The lowest BCUT2D eigenvalue weighted by molar-refractivity contribution is -0.136. The van der Waals surface area contributed by atoms with Gasteiger partial charge in [0.2, 0.25) is 23.7 Å². The monoisotopic (exact) mass is 856 g/mol. The van der Waals surface area contributed by atoms with Crippen LogP contribution in [-0.4, -0.2) is 74.5 Å². The zero-order valence-corrected chi connectivity index (χ0v) is 34.6. The van der Waals surface area contributed by atoms with Gasteiger partial charge in [0.15, 0.2) is 6.61 Å². The maximum atomic E-state index is 13.0. The molecular formula is C46H45ClN8O7. The number of piperidine rings is 1. The Hall–Kier alpha value is -7.00. The summed E-state index contributed by atoms with van der Waals surface area (Å²) in [5, 5.41) is 11.5. The third kappa shape index (κ3) is 11.0. The van der Waals surface area contributed by atoms with E-state index in [0.29, 0.717) is 41.0 Å². The Morgan fingerprint density at radius 1 is 0.758 bits per heavy atom. The van der Waals surface area contributed by atoms with Gasteiger partial charge < -0.3 is 20.7 Å². The minimum Gasteiger partial charge on any atom is -0.484 e. The van der Waals surface area contributed by atoms with Gasteiger partial charge in [-0.15, -0.1) is 0 Å². The van der Waals surface area contributed by atoms with Crippen LogP contribution in [0.1, 0.15) is 84.9 Å². The van der Waals surface area contributed by atoms with E-state index in [9.17, 15) is 28.8 Å². The number of aromatic nitrogens is 3. The molecule has 6 amide bonds. The molecule has 0 saturated carbocycles. The number of hydrogen-bond donors (Lipinski definition) is 4. The Morgan fingerprint density at radius 3 is 2.29 bits per heavy atom. The molecule has 4 N–H and O–H groups in total. The molecule has 318 valence electrons. The average Bonchev–Trinajstić information content (AvgIpc) is 3.52. The van der Waals surface area contributed by atoms with Crippen LogP contribution in [0.5, 0.6) is 5.75 Å². The van der Waals surface area contributed by atoms with E-state index < -0.39 is 29.7 Å². The van der Waals surface area contributed by atoms with Crippen molar-refractivity contribution in [1.29, 1.82) is 0 Å². The second-order valence-electron chi connectivity index (χ2n) is 15.0. The number of anilines is 3. The van der Waals surface area contributed by atoms with Crippen molar-refractivity contribution in [2.24, 2.45) is 0 Å². The van der Waals surface area contributed by atoms with Crippen LogP contribution in [0.15, 0.2) is 97.5 Å². The van der Waals surface area contributed by atoms with Gasteiger partial charge in [-0.3, -0.25) is 44.0 Å². The number of halogens is 1. The van der Waals surface area contributed by atoms with Crippen molar-refractivity contribution in [3.63, 3.8) is 0 Å². The van der Waals surface area contributed by atoms with Gasteiger partial charge in [0, 0.05) is 24.9 Å². The van der Waals surface area contributed by atoms with Gasteiger partial charge in [0.1, 0.15) is 11.8 Å². The lowest BCUT2D eigenvalue weighted by atomic mass is 10.0. The van der Waals surface area contributed by atoms with Crippen LogP contribution in [0.4, 0.5) is 17.3 Å². The zero-order valence-electron chi connectivity index (χ0n) is 33.8. The number of unbranched alkanes of at least 4 members (excludes halogenated alkanes) is 6. The first-order valence-corrected chi connectivity index (χ1v) is 21.0. The van der Waals surface area contributed by atoms with Gasteiger partial charge in [-0.2, -0.15) is 0 Å². The minimum atomic E-state index is -1.06. The van der Waals surface area contributed by atoms with E-state index in [0.717, 1.165) is 66.5 Å². The fourth-order valence-corrected chi connectivity index (χ4v) is 7.50. The summed E-state index contributed by atoms with van der Waals surface area (Å²) in [4.78, 5) is 88.9. The molecule has 5 aromatic rings. The van der Waals surface area contributed by atoms with Crippen LogP contribution in [0, 0.1) is 0 Å². The van der Waals surface area contributed by atoms with Gasteiger partial charge in [0.25, 0.3) is 17.7 Å². The van der Waals surface area contributed by atoms with Crippen molar-refractivity contribution >= 4 is 64.4 Å². The van der Waals surface area contributed by atoms with Crippen molar-refractivity contribution < 1.29 is 33.5 Å². The molecule has 0 radical (unpaired) electrons. The minimum absolute atomic E-state index is 0.0322. The fraction of sp³-hybridized carbons (Fsp3) is 0.283. The maximum Gasteiger partial charge on any atom is 0.262 e. The second-order valence-corrected chi connectivity index (χ2v) is 15.4. The smallest absolute Gasteiger partial charge is 0.262 e. The topological polar surface area (TPSA) is 202 Å². The van der Waals surface area contributed by atoms with Crippen LogP contribution >= 0.6 is 11.6 Å². The average molecular weight is 857 g/mol. The van der Waals surface area contributed by atoms with Gasteiger partial charge >= 0.3 is 0 Å². The highest BCUT2D eigenvalue weighted by molar-refractivity contribution is 6.33. The summed E-state index contributed by atoms with van der Waals surface area (Å²) < 4.78 is 5.57. The number of fused-ring (bicyclic) bond motifs is 1. The van der Waals surface area contributed by atoms with Crippen molar-refractivity contribution in [3.8, 4) is 28.1 Å². The molecule has 1 atom stereocenters. The number of ether oxygens (including phenoxy) is 1. The van der Waals surface area contributed by atoms with Crippen LogP contribution in [0.2, 0.25) is 5.02 Å². The standard InChI is InChI=1S/C46H45ClN8O7/c47-37-27-50-46(54-42(37)31-15-11-14-30(22-31)29-12-7-6-8-13-29)52-33-23-32(25-48-26-33)51-39(56)16-9-4-2-1-3-5-10-21-49-41(58)28-62-34-17-18-35-36(24-34)45(61)55(44(35)60)38-19-20-40(57)53-43(38)59/h6-8,11-15,17-18,22-27,38H,1-5,9-10,16,19-21,28H2,(H,49,58)(H,51,56)(H,50,52,54)(H,53,57,59). The normalized spacial score (nSPS) is 14.6. The summed E-state index contributed by atoms with van der Waals surface area (Å²) in [6.07, 6.45) is 11.7. The molecule has 4 heterocycles. The van der Waals surface area contributed by atoms with E-state index in [1.165, 1.54) is 18.2 Å². The van der Waals surface area contributed by atoms with Crippen LogP contribution in [-0.2, 0) is 19.2 Å². The van der Waals surface area contributed by atoms with Crippen molar-refractivity contribution in [2.75, 3.05) is 23.8 Å². The number of carbonyl (C=O) groups is 6. The molecule has 0 aliphatic carbocycles. The Balaban J connectivity index is 0.749. The highest BCUT2D eigenvalue weighted by Crippen LogP contribution is 2.32. The first kappa shape index (κ1) is 43.1. The van der Waals surface area contributed by atoms with Gasteiger partial charge in [-0.1, -0.05) is 92.2 Å². The van der Waals surface area contributed by atoms with E-state index in [1.807, 2.05) is 54.6 Å². The maximum absolute atomic E-state index is 13.0. The van der Waals surface area contributed by atoms with Crippen LogP contribution in [0.25, 0.3) is 22.4 Å². The number of nitrogens with one attached hydrogen (secondary N) is 4. The van der Waals surface area contributed by atoms with E-state index in [2.05, 4.69) is 36.2 Å². The van der Waals surface area contributed by atoms with Gasteiger partial charge in [-0.05, 0) is 60.7 Å². The summed E-state index contributed by atoms with van der Waals surface area (Å²) in [5.41, 5.74) is 4.96. The van der Waals surface area contributed by atoms with E-state index >= 15 is 0 Å². The van der Waals surface area contributed by atoms with Crippen molar-refractivity contribution in [3.05, 3.63) is 114 Å². The molecule has 16 heteroatoms. The molecule has 1 fully saturated rings. The number of imide groups is 2. The van der Waals surface area contributed by atoms with Crippen molar-refractivity contribution in [1.82, 2.24) is 30.5 Å². The lowest BCUT2D eigenvalue weighted by Gasteiger charge is -2.27. The number of carbonyl (C=O) groups excluding carboxylic acids is 6. The first-order valence-electron chi connectivity index (χ1n) is 20.6. The van der Waals surface area contributed by atoms with Gasteiger partial charge in [-0.25, -0.2) is 9.97 Å². The fourth-order valence-electron chi connectivity index (χ4n) is 7.30. The summed E-state index contributed by atoms with van der Waals surface area (Å²) in [6.45, 7) is 0.221. The molecule has 62 heavy (non-hydrogen) atoms. The summed E-state index contributed by atoms with van der Waals surface area (Å²) >= 11 is 6.53. The molecule has 1 saturated heterocycles. The second kappa shape index (κ2) is 20.5. The Kier molecular flexibility index (Phi) is 14.3. The third-order valence-electron chi connectivity index (χ3n) is 10.4. The van der Waals surface area contributed by atoms with Crippen LogP contribution in [0.3, 0.4) is 0 Å². The number of benzene rings is 3. The summed E-state index contributed by atoms with van der Waals surface area (Å²) in [6, 6.07) is 23.1. The molecular weight excluding hydrogens is 812 g/mol. The first-order chi connectivity index (χ1) is 30.1. The highest BCUT2D eigenvalue weighted by atomic mass is 35.5. The van der Waals surface area contributed by atoms with E-state index in [-0.39, 0.29) is 48.1 Å². The Labute approximate surface area is 363 Å². The zero-order chi connectivity index (χ0) is 43.4. The number of pyridine rings is 1. The predicted molar refractivity (Wildman–Crippen MR) is 233 cm³/mol. The molecule has 0 bridgehead atoms. The number of rotatable bonds is 19. The predicted octanol–water partition coefficient (Wildman–Crippen LogP) is 7.26. The van der Waals surface area contributed by atoms with E-state index in [1.54, 1.807) is 24.7 Å². The molecule has 2 aliphatic rings. The Morgan fingerprint density at radius 2 is 1.48 bits per heavy atom. The highest BCUT2D eigenvalue weighted by Gasteiger charge is 2.44. The Bertz CT molecular complexity index is 2480. The molecule has 0 spiro atoms. The van der Waals surface area contributed by atoms with Crippen molar-refractivity contribution in [2.45, 2.75) is 70.3 Å². The quantitative estimate of drug-likeness (QED) is 0.0481. The largest absolute Gasteiger partial charge is 0.484 e. The summed E-state index contributed by atoms with van der Waals surface area (Å²) in [5.74, 6) is -2.22. The number of nitrogens with zero attached hydrogens (tertiary/aromatic N) is 4. The molecule has 7 rings (SSSR count). The summed E-state index contributed by atoms with van der Waals surface area (Å²) in [7, 11) is 0. The number of hydrogen-bond acceptors (Lipinski definition) is 11. The third-order valence-corrected chi connectivity index (χ3v) is 10.7. The van der Waals surface area contributed by atoms with E-state index in [4.69, 9.17) is 16.3 Å². The molecule has 3 aromatic carbocycles. The molecule has 1 unspecified atom stereocenters. The molecule has 2 aromatic heterocycles. The van der Waals surface area contributed by atoms with Crippen LogP contribution < -0.4 is 26.0 Å². The lowest BCUT2D eigenvalue weighted by Crippen LogP contribution is -2.54. The van der Waals surface area contributed by atoms with Gasteiger partial charge in [0.05, 0.1) is 51.8 Å². The molecule has 2 aliphatic heterocycles.